The molecule has 1 unspecified atom stereocenters. The van der Waals surface area contributed by atoms with Gasteiger partial charge in [0, 0.05) is 53.0 Å². The number of rotatable bonds is 6. The molecule has 1 N–H and O–H groups in total. The summed E-state index contributed by atoms with van der Waals surface area (Å²) >= 11 is 14.3. The Hall–Kier alpha value is -3.86. The second kappa shape index (κ2) is 12.1. The predicted molar refractivity (Wildman–Crippen MR) is 185 cm³/mol. The molecule has 50 heavy (non-hydrogen) atoms. The average Bonchev–Trinajstić information content (AvgIpc) is 3.87. The third-order valence-corrected chi connectivity index (χ3v) is 12.3. The molecule has 4 atom stereocenters. The van der Waals surface area contributed by atoms with Gasteiger partial charge in [0.05, 0.1) is 52.8 Å². The molecule has 2 bridgehead atoms. The molecular weight excluding hydrogens is 712 g/mol. The number of hydrogen-bond acceptors (Lipinski definition) is 5. The number of urea groups is 1. The first kappa shape index (κ1) is 33.3. The maximum atomic E-state index is 17.2. The van der Waals surface area contributed by atoms with Crippen LogP contribution in [0.5, 0.6) is 0 Å². The monoisotopic (exact) mass is 742 g/mol. The number of aryl methyl sites for hydroxylation is 1. The molecule has 3 amide bonds. The Balaban J connectivity index is 1.39. The number of alkyl halides is 2. The molecule has 4 aromatic rings. The summed E-state index contributed by atoms with van der Waals surface area (Å²) in [6.45, 7) is -0.533. The zero-order chi connectivity index (χ0) is 35.2. The fourth-order valence-electron chi connectivity index (χ4n) is 8.56. The number of aromatic nitrogens is 2. The second-order valence-electron chi connectivity index (χ2n) is 13.5. The Morgan fingerprint density at radius 3 is 2.64 bits per heavy atom. The van der Waals surface area contributed by atoms with Crippen molar-refractivity contribution in [3.63, 3.8) is 0 Å². The normalized spacial score (nSPS) is 23.7. The highest BCUT2D eigenvalue weighted by molar-refractivity contribution is 7.98. The molecule has 1 aliphatic carbocycles. The Morgan fingerprint density at radius 1 is 1.18 bits per heavy atom. The standard InChI is InChI=1S/C35H31Cl2F3N6O3S/c1-50-32-21-13-24(23-8-4-10-44(23)33(47)43-15-35(39,40)16-43)46(30-18-12-25(30)45(14-18)34(48)49)31(21)20-11-17(5-3-9-41)26(28(38)29(20)42-32)19-6-2-7-22(36)27(19)37/h2,6-7,11,13,18,23,25,30H,3-5,8,10,12,14-16H2,1H3,(H,48,49)/t18-,23?,25-,30+/m1/s1. The molecule has 2 aromatic heterocycles. The summed E-state index contributed by atoms with van der Waals surface area (Å²) in [7, 11) is 0. The van der Waals surface area contributed by atoms with Crippen molar-refractivity contribution >= 4 is 68.9 Å². The lowest BCUT2D eigenvalue weighted by atomic mass is 9.79. The van der Waals surface area contributed by atoms with Crippen LogP contribution in [0.25, 0.3) is 32.9 Å². The largest absolute Gasteiger partial charge is 0.465 e. The van der Waals surface area contributed by atoms with Gasteiger partial charge in [0.2, 0.25) is 0 Å². The molecule has 5 fully saturated rings. The molecule has 4 saturated heterocycles. The van der Waals surface area contributed by atoms with Crippen molar-refractivity contribution in [2.45, 2.75) is 61.2 Å². The van der Waals surface area contributed by atoms with Crippen LogP contribution in [0.15, 0.2) is 35.4 Å². The second-order valence-corrected chi connectivity index (χ2v) is 15.1. The Labute approximate surface area is 299 Å². The lowest BCUT2D eigenvalue weighted by molar-refractivity contribution is -0.114. The van der Waals surface area contributed by atoms with Crippen LogP contribution < -0.4 is 0 Å². The van der Waals surface area contributed by atoms with Gasteiger partial charge in [-0.1, -0.05) is 35.3 Å². The minimum atomic E-state index is -2.91. The highest BCUT2D eigenvalue weighted by Crippen LogP contribution is 2.54. The molecule has 0 spiro atoms. The van der Waals surface area contributed by atoms with Crippen LogP contribution in [0.1, 0.15) is 49.0 Å². The van der Waals surface area contributed by atoms with E-state index in [9.17, 15) is 28.7 Å². The average molecular weight is 744 g/mol. The number of carbonyl (C=O) groups is 2. The van der Waals surface area contributed by atoms with E-state index in [2.05, 4.69) is 10.6 Å². The number of hydrogen-bond donors (Lipinski definition) is 1. The molecular formula is C35H31Cl2F3N6O3S. The summed E-state index contributed by atoms with van der Waals surface area (Å²) in [5.74, 6) is -3.55. The molecule has 5 aliphatic rings. The Kier molecular flexibility index (Phi) is 8.08. The number of carboxylic acid groups (broad SMARTS) is 1. The number of amides is 3. The number of likely N-dealkylation sites (tertiary alicyclic amines) is 2. The van der Waals surface area contributed by atoms with Crippen LogP contribution in [-0.2, 0) is 6.42 Å². The first-order valence-electron chi connectivity index (χ1n) is 16.4. The molecule has 0 radical (unpaired) electrons. The number of nitrogens with zero attached hydrogens (tertiary/aromatic N) is 6. The van der Waals surface area contributed by atoms with E-state index in [-0.39, 0.29) is 52.0 Å². The van der Waals surface area contributed by atoms with Gasteiger partial charge in [0.25, 0.3) is 5.92 Å². The van der Waals surface area contributed by atoms with Crippen LogP contribution in [0.2, 0.25) is 10.0 Å². The van der Waals surface area contributed by atoms with Gasteiger partial charge in [-0.25, -0.2) is 27.7 Å². The molecule has 9 nitrogen and oxygen atoms in total. The summed E-state index contributed by atoms with van der Waals surface area (Å²) < 4.78 is 46.9. The fourth-order valence-corrected chi connectivity index (χ4v) is 9.51. The number of carbonyl (C=O) groups excluding carboxylic acids is 1. The lowest BCUT2D eigenvalue weighted by Crippen LogP contribution is -2.61. The van der Waals surface area contributed by atoms with E-state index >= 15 is 4.39 Å². The summed E-state index contributed by atoms with van der Waals surface area (Å²) in [4.78, 5) is 35.0. The van der Waals surface area contributed by atoms with Crippen LogP contribution >= 0.6 is 35.0 Å². The van der Waals surface area contributed by atoms with E-state index in [0.29, 0.717) is 59.4 Å². The van der Waals surface area contributed by atoms with E-state index < -0.39 is 43.0 Å². The first-order chi connectivity index (χ1) is 23.9. The van der Waals surface area contributed by atoms with Gasteiger partial charge in [0.1, 0.15) is 10.5 Å². The SMILES string of the molecule is CSc1nc2c(F)c(-c3cccc(Cl)c3Cl)c(CCC#N)cc2c2c1cc(C1CCCN1C(=O)N1CC(F)(F)C1)n2[C@H]1[C@@H]2C[C@H]1N(C(=O)O)C2. The topological polar surface area (TPSA) is 106 Å². The van der Waals surface area contributed by atoms with Gasteiger partial charge in [-0.2, -0.15) is 5.26 Å². The van der Waals surface area contributed by atoms with Gasteiger partial charge in [-0.15, -0.1) is 11.8 Å². The van der Waals surface area contributed by atoms with E-state index in [0.717, 1.165) is 16.0 Å². The summed E-state index contributed by atoms with van der Waals surface area (Å²) in [5, 5.41) is 21.8. The van der Waals surface area contributed by atoms with Crippen LogP contribution in [-0.4, -0.2) is 85.9 Å². The number of thioether (sulfide) groups is 1. The predicted octanol–water partition coefficient (Wildman–Crippen LogP) is 8.61. The Morgan fingerprint density at radius 2 is 1.96 bits per heavy atom. The number of nitriles is 1. The van der Waals surface area contributed by atoms with E-state index in [1.54, 1.807) is 23.1 Å². The number of halogens is 5. The van der Waals surface area contributed by atoms with Crippen molar-refractivity contribution in [3.05, 3.63) is 57.5 Å². The first-order valence-corrected chi connectivity index (χ1v) is 18.4. The molecule has 2 aromatic carbocycles. The minimum absolute atomic E-state index is 0.0153. The van der Waals surface area contributed by atoms with Gasteiger partial charge in [0.15, 0.2) is 5.82 Å². The molecule has 1 saturated carbocycles. The highest BCUT2D eigenvalue weighted by Gasteiger charge is 2.56. The van der Waals surface area contributed by atoms with Crippen molar-refractivity contribution in [1.29, 1.82) is 5.26 Å². The highest BCUT2D eigenvalue weighted by atomic mass is 35.5. The zero-order valence-electron chi connectivity index (χ0n) is 26.8. The number of pyridine rings is 1. The van der Waals surface area contributed by atoms with Crippen molar-refractivity contribution < 1.29 is 27.9 Å². The Bertz CT molecular complexity index is 2150. The van der Waals surface area contributed by atoms with E-state index in [4.69, 9.17) is 28.2 Å². The molecule has 6 heterocycles. The summed E-state index contributed by atoms with van der Waals surface area (Å²) in [5.41, 5.74) is 2.62. The third-order valence-electron chi connectivity index (χ3n) is 10.8. The van der Waals surface area contributed by atoms with Gasteiger partial charge in [-0.3, -0.25) is 0 Å². The van der Waals surface area contributed by atoms with Crippen molar-refractivity contribution in [2.24, 2.45) is 5.92 Å². The summed E-state index contributed by atoms with van der Waals surface area (Å²) in [6, 6.07) is 9.37. The van der Waals surface area contributed by atoms with Gasteiger partial charge >= 0.3 is 12.1 Å². The van der Waals surface area contributed by atoms with Crippen LogP contribution in [0.3, 0.4) is 0 Å². The third kappa shape index (κ3) is 5.00. The zero-order valence-corrected chi connectivity index (χ0v) is 29.1. The van der Waals surface area contributed by atoms with E-state index in [1.165, 1.54) is 16.7 Å². The quantitative estimate of drug-likeness (QED) is 0.199. The lowest BCUT2D eigenvalue weighted by Gasteiger charge is -2.43. The maximum absolute atomic E-state index is 17.2. The van der Waals surface area contributed by atoms with E-state index in [1.807, 2.05) is 18.4 Å². The van der Waals surface area contributed by atoms with Crippen molar-refractivity contribution in [2.75, 3.05) is 32.4 Å². The number of benzene rings is 2. The molecule has 9 rings (SSSR count). The maximum Gasteiger partial charge on any atom is 0.407 e. The van der Waals surface area contributed by atoms with Crippen LogP contribution in [0, 0.1) is 23.1 Å². The fraction of sp³-hybridized carbons (Fsp3) is 0.429. The molecule has 15 heteroatoms. The smallest absolute Gasteiger partial charge is 0.407 e. The van der Waals surface area contributed by atoms with Crippen LogP contribution in [0.4, 0.5) is 22.8 Å². The molecule has 4 aliphatic heterocycles. The summed E-state index contributed by atoms with van der Waals surface area (Å²) in [6.07, 6.45) is 3.06. The van der Waals surface area contributed by atoms with Crippen molar-refractivity contribution in [3.8, 4) is 17.2 Å². The van der Waals surface area contributed by atoms with Crippen molar-refractivity contribution in [1.82, 2.24) is 24.3 Å². The number of fused-ring (bicyclic) bond motifs is 4. The van der Waals surface area contributed by atoms with Gasteiger partial charge in [-0.05, 0) is 55.7 Å². The molecule has 260 valence electrons. The minimum Gasteiger partial charge on any atom is -0.465 e. The van der Waals surface area contributed by atoms with Gasteiger partial charge < -0.3 is 24.4 Å².